The number of thiazole rings is 1. The van der Waals surface area contributed by atoms with Crippen LogP contribution in [0.5, 0.6) is 0 Å². The van der Waals surface area contributed by atoms with Crippen molar-refractivity contribution in [2.75, 3.05) is 18.0 Å². The van der Waals surface area contributed by atoms with Crippen LogP contribution in [0.2, 0.25) is 10.0 Å². The van der Waals surface area contributed by atoms with Gasteiger partial charge in [-0.3, -0.25) is 0 Å². The lowest BCUT2D eigenvalue weighted by Crippen LogP contribution is -2.39. The molecule has 0 radical (unpaired) electrons. The van der Waals surface area contributed by atoms with Crippen molar-refractivity contribution in [2.45, 2.75) is 29.9 Å². The fourth-order valence-corrected chi connectivity index (χ4v) is 6.97. The summed E-state index contributed by atoms with van der Waals surface area (Å²) in [5.41, 5.74) is 3.25. The molecule has 0 atom stereocenters. The maximum absolute atomic E-state index is 13.0. The van der Waals surface area contributed by atoms with E-state index in [1.807, 2.05) is 6.07 Å². The Morgan fingerprint density at radius 2 is 1.86 bits per heavy atom. The number of halogens is 2. The minimum Gasteiger partial charge on any atom is -0.348 e. The number of hydrogen-bond donors (Lipinski definition) is 0. The Kier molecular flexibility index (Phi) is 5.89. The van der Waals surface area contributed by atoms with E-state index in [-0.39, 0.29) is 9.92 Å². The highest BCUT2D eigenvalue weighted by Gasteiger charge is 2.33. The van der Waals surface area contributed by atoms with Gasteiger partial charge in [-0.2, -0.15) is 0 Å². The van der Waals surface area contributed by atoms with E-state index in [4.69, 9.17) is 28.2 Å². The van der Waals surface area contributed by atoms with Gasteiger partial charge in [0.1, 0.15) is 0 Å². The second-order valence-electron chi connectivity index (χ2n) is 7.19. The normalized spacial score (nSPS) is 15.6. The van der Waals surface area contributed by atoms with Gasteiger partial charge in [0.25, 0.3) is 0 Å². The number of sulfone groups is 1. The van der Waals surface area contributed by atoms with E-state index in [2.05, 4.69) is 35.4 Å². The first kappa shape index (κ1) is 20.7. The van der Waals surface area contributed by atoms with Crippen LogP contribution in [0.1, 0.15) is 18.4 Å². The predicted molar refractivity (Wildman–Crippen MR) is 121 cm³/mol. The molecule has 152 valence electrons. The molecule has 1 saturated heterocycles. The smallest absolute Gasteiger partial charge is 0.185 e. The lowest BCUT2D eigenvalue weighted by molar-refractivity contribution is 0.529. The fourth-order valence-electron chi connectivity index (χ4n) is 3.58. The molecule has 0 N–H and O–H groups in total. The summed E-state index contributed by atoms with van der Waals surface area (Å²) in [6, 6.07) is 12.8. The van der Waals surface area contributed by atoms with Crippen LogP contribution in [0.4, 0.5) is 5.13 Å². The van der Waals surface area contributed by atoms with E-state index in [0.29, 0.717) is 31.0 Å². The molecule has 0 bridgehead atoms. The number of hydrogen-bond acceptors (Lipinski definition) is 5. The van der Waals surface area contributed by atoms with Gasteiger partial charge in [-0.05, 0) is 44.0 Å². The molecule has 1 aliphatic heterocycles. The molecule has 8 heteroatoms. The summed E-state index contributed by atoms with van der Waals surface area (Å²) in [6.07, 6.45) is 1.06. The molecule has 1 aromatic heterocycles. The van der Waals surface area contributed by atoms with Gasteiger partial charge in [0.05, 0.1) is 20.9 Å². The van der Waals surface area contributed by atoms with E-state index < -0.39 is 15.1 Å². The van der Waals surface area contributed by atoms with Gasteiger partial charge in [-0.25, -0.2) is 13.4 Å². The lowest BCUT2D eigenvalue weighted by atomic mass is 10.1. The van der Waals surface area contributed by atoms with Crippen LogP contribution < -0.4 is 4.90 Å². The van der Waals surface area contributed by atoms with Crippen molar-refractivity contribution in [2.24, 2.45) is 0 Å². The van der Waals surface area contributed by atoms with Crippen LogP contribution >= 0.6 is 34.5 Å². The fraction of sp³-hybridized carbons (Fsp3) is 0.286. The van der Waals surface area contributed by atoms with Crippen LogP contribution in [-0.2, 0) is 9.84 Å². The number of aryl methyl sites for hydroxylation is 1. The Balaban J connectivity index is 1.48. The number of aromatic nitrogens is 1. The highest BCUT2D eigenvalue weighted by molar-refractivity contribution is 7.92. The predicted octanol–water partition coefficient (Wildman–Crippen LogP) is 5.87. The van der Waals surface area contributed by atoms with Gasteiger partial charge >= 0.3 is 0 Å². The molecule has 4 rings (SSSR count). The molecule has 0 spiro atoms. The number of nitrogens with zero attached hydrogens (tertiary/aromatic N) is 2. The summed E-state index contributed by atoms with van der Waals surface area (Å²) < 4.78 is 26.1. The summed E-state index contributed by atoms with van der Waals surface area (Å²) in [6.45, 7) is 3.35. The first-order valence-electron chi connectivity index (χ1n) is 9.31. The topological polar surface area (TPSA) is 50.3 Å². The van der Waals surface area contributed by atoms with Crippen molar-refractivity contribution in [3.05, 3.63) is 63.5 Å². The van der Waals surface area contributed by atoms with Crippen molar-refractivity contribution >= 4 is 49.5 Å². The maximum atomic E-state index is 13.0. The molecule has 2 aromatic carbocycles. The molecule has 4 nitrogen and oxygen atoms in total. The molecule has 1 fully saturated rings. The SMILES string of the molecule is Cc1cccc(-c2csc(N3CCC(S(=O)(=O)c4cc(Cl)ccc4Cl)CC3)n2)c1. The average molecular weight is 467 g/mol. The maximum Gasteiger partial charge on any atom is 0.185 e. The molecular weight excluding hydrogens is 447 g/mol. The largest absolute Gasteiger partial charge is 0.348 e. The van der Waals surface area contributed by atoms with E-state index in [1.54, 1.807) is 17.4 Å². The zero-order chi connectivity index (χ0) is 20.6. The Morgan fingerprint density at radius 3 is 2.59 bits per heavy atom. The average Bonchev–Trinajstić information content (AvgIpc) is 3.20. The summed E-state index contributed by atoms with van der Waals surface area (Å²) in [7, 11) is -3.52. The highest BCUT2D eigenvalue weighted by Crippen LogP contribution is 2.34. The van der Waals surface area contributed by atoms with Gasteiger partial charge < -0.3 is 4.90 Å². The first-order chi connectivity index (χ1) is 13.8. The van der Waals surface area contributed by atoms with Gasteiger partial charge in [0, 0.05) is 29.1 Å². The van der Waals surface area contributed by atoms with Crippen LogP contribution in [-0.4, -0.2) is 31.7 Å². The van der Waals surface area contributed by atoms with Crippen molar-refractivity contribution in [1.29, 1.82) is 0 Å². The minimum atomic E-state index is -3.52. The number of rotatable bonds is 4. The Hall–Kier alpha value is -1.60. The highest BCUT2D eigenvalue weighted by atomic mass is 35.5. The third kappa shape index (κ3) is 4.31. The summed E-state index contributed by atoms with van der Waals surface area (Å²) in [4.78, 5) is 7.06. The van der Waals surface area contributed by atoms with Gasteiger partial charge in [0.2, 0.25) is 0 Å². The molecule has 2 heterocycles. The lowest BCUT2D eigenvalue weighted by Gasteiger charge is -2.31. The molecule has 0 saturated carbocycles. The zero-order valence-electron chi connectivity index (χ0n) is 15.8. The molecule has 3 aromatic rings. The van der Waals surface area contributed by atoms with Gasteiger partial charge in [-0.15, -0.1) is 11.3 Å². The van der Waals surface area contributed by atoms with E-state index in [1.165, 1.54) is 17.7 Å². The minimum absolute atomic E-state index is 0.126. The Morgan fingerprint density at radius 1 is 1.10 bits per heavy atom. The monoisotopic (exact) mass is 466 g/mol. The van der Waals surface area contributed by atoms with Crippen LogP contribution in [0.3, 0.4) is 0 Å². The van der Waals surface area contributed by atoms with Crippen LogP contribution in [0.15, 0.2) is 52.7 Å². The summed E-state index contributed by atoms with van der Waals surface area (Å²) in [5, 5.41) is 3.11. The van der Waals surface area contributed by atoms with Crippen LogP contribution in [0, 0.1) is 6.92 Å². The van der Waals surface area contributed by atoms with Crippen molar-refractivity contribution in [3.63, 3.8) is 0 Å². The molecular formula is C21H20Cl2N2O2S2. The van der Waals surface area contributed by atoms with E-state index in [9.17, 15) is 8.42 Å². The van der Waals surface area contributed by atoms with Crippen molar-refractivity contribution < 1.29 is 8.42 Å². The summed E-state index contributed by atoms with van der Waals surface area (Å²) >= 11 is 13.7. The Bertz CT molecular complexity index is 1140. The second kappa shape index (κ2) is 8.26. The summed E-state index contributed by atoms with van der Waals surface area (Å²) in [5.74, 6) is 0. The molecule has 0 unspecified atom stereocenters. The second-order valence-corrected chi connectivity index (χ2v) is 11.1. The van der Waals surface area contributed by atoms with Crippen LogP contribution in [0.25, 0.3) is 11.3 Å². The molecule has 1 aliphatic rings. The molecule has 0 amide bonds. The molecule has 0 aliphatic carbocycles. The third-order valence-corrected chi connectivity index (χ3v) is 9.04. The number of piperidine rings is 1. The standard InChI is InChI=1S/C21H20Cl2N2O2S2/c1-14-3-2-4-15(11-14)19-13-28-21(24-19)25-9-7-17(8-10-25)29(26,27)20-12-16(22)5-6-18(20)23/h2-6,11-13,17H,7-10H2,1H3. The van der Waals surface area contributed by atoms with E-state index in [0.717, 1.165) is 16.4 Å². The molecule has 29 heavy (non-hydrogen) atoms. The van der Waals surface area contributed by atoms with Crippen molar-refractivity contribution in [1.82, 2.24) is 4.98 Å². The first-order valence-corrected chi connectivity index (χ1v) is 12.5. The van der Waals surface area contributed by atoms with Gasteiger partial charge in [0.15, 0.2) is 15.0 Å². The van der Waals surface area contributed by atoms with Crippen molar-refractivity contribution in [3.8, 4) is 11.3 Å². The van der Waals surface area contributed by atoms with Gasteiger partial charge in [-0.1, -0.05) is 47.0 Å². The quantitative estimate of drug-likeness (QED) is 0.482. The number of benzene rings is 2. The zero-order valence-corrected chi connectivity index (χ0v) is 19.0. The Labute approximate surface area is 185 Å². The van der Waals surface area contributed by atoms with E-state index >= 15 is 0 Å². The third-order valence-electron chi connectivity index (χ3n) is 5.16. The number of anilines is 1.